The molecule has 0 aromatic heterocycles. The van der Waals surface area contributed by atoms with Crippen molar-refractivity contribution in [1.29, 1.82) is 0 Å². The van der Waals surface area contributed by atoms with E-state index in [0.29, 0.717) is 0 Å². The molecule has 0 heterocycles. The van der Waals surface area contributed by atoms with Crippen LogP contribution >= 0.6 is 7.82 Å². The first-order valence-electron chi connectivity index (χ1n) is 27.9. The molecule has 0 spiro atoms. The van der Waals surface area contributed by atoms with Gasteiger partial charge >= 0.3 is 404 Å². The van der Waals surface area contributed by atoms with Crippen LogP contribution in [0.25, 0.3) is 0 Å². The molecule has 6 aromatic carbocycles. The summed E-state index contributed by atoms with van der Waals surface area (Å²) in [5.41, 5.74) is 7.98. The van der Waals surface area contributed by atoms with Crippen LogP contribution in [0.1, 0.15) is 116 Å². The molecule has 0 aliphatic heterocycles. The maximum atomic E-state index is 10.5. The number of aliphatic hydroxyl groups excluding tert-OH is 5. The molecule has 0 amide bonds. The van der Waals surface area contributed by atoms with Gasteiger partial charge in [-0.2, -0.15) is 0 Å². The van der Waals surface area contributed by atoms with Gasteiger partial charge in [-0.1, -0.05) is 0 Å². The summed E-state index contributed by atoms with van der Waals surface area (Å²) in [6.45, 7) is 30.4. The zero-order valence-corrected chi connectivity index (χ0v) is 55.4. The average Bonchev–Trinajstić information content (AvgIpc) is 3.44. The van der Waals surface area contributed by atoms with E-state index in [1.54, 1.807) is 0 Å². The molecule has 1 saturated carbocycles. The van der Waals surface area contributed by atoms with Crippen LogP contribution in [-0.2, 0) is 43.0 Å². The Morgan fingerprint density at radius 3 is 0.658 bits per heavy atom. The van der Waals surface area contributed by atoms with Crippen molar-refractivity contribution in [2.45, 2.75) is 179 Å². The smallest absolute Gasteiger partial charge is 0.387 e. The van der Waals surface area contributed by atoms with E-state index in [-0.39, 0.29) is 32.5 Å². The van der Waals surface area contributed by atoms with E-state index in [1.165, 1.54) is 33.4 Å². The SMILES string of the molecule is CC(C)([CH2][Sn]([CH2]C(C)(C)c1ccccc1)([CH2]C(C)(C)c1ccccc1)[O][Sn]([CH2]C(C)(C)c1ccccc1)([CH2]C(C)(C)c1ccccc1)[CH2]C(C)(C)c1ccccc1)c1ccccc1.O=P(O)(O)OC1[C@@H](O)[C@H](O)C(O)[C@H](O)[C@@H]1O. The van der Waals surface area contributed by atoms with Crippen molar-refractivity contribution < 1.29 is 45.8 Å². The summed E-state index contributed by atoms with van der Waals surface area (Å²) in [5, 5.41) is 46.1. The summed E-state index contributed by atoms with van der Waals surface area (Å²) < 4.78 is 30.6. The first-order valence-corrected chi connectivity index (χ1v) is 43.9. The van der Waals surface area contributed by atoms with Gasteiger partial charge in [-0.25, -0.2) is 4.57 Å². The van der Waals surface area contributed by atoms with Crippen LogP contribution in [0.4, 0.5) is 0 Å². The fourth-order valence-corrected chi connectivity index (χ4v) is 76.8. The molecule has 0 radical (unpaired) electrons. The van der Waals surface area contributed by atoms with Crippen LogP contribution in [-0.4, -0.2) is 110 Å². The topological polar surface area (TPSA) is 177 Å². The van der Waals surface area contributed by atoms with Crippen molar-refractivity contribution in [3.05, 3.63) is 215 Å². The van der Waals surface area contributed by atoms with E-state index < -0.39 is 82.0 Å². The van der Waals surface area contributed by atoms with E-state index >= 15 is 0 Å². The van der Waals surface area contributed by atoms with Gasteiger partial charge in [0.15, 0.2) is 0 Å². The molecule has 10 nitrogen and oxygen atoms in total. The second-order valence-electron chi connectivity index (χ2n) is 26.5. The van der Waals surface area contributed by atoms with Gasteiger partial charge in [0.2, 0.25) is 0 Å². The Morgan fingerprint density at radius 2 is 0.494 bits per heavy atom. The molecule has 428 valence electrons. The van der Waals surface area contributed by atoms with E-state index in [2.05, 4.69) is 270 Å². The third kappa shape index (κ3) is 17.2. The maximum Gasteiger partial charge on any atom is 0.470 e. The van der Waals surface area contributed by atoms with Gasteiger partial charge in [-0.15, -0.1) is 0 Å². The van der Waals surface area contributed by atoms with Crippen molar-refractivity contribution in [3.8, 4) is 0 Å². The number of rotatable bonds is 22. The predicted molar refractivity (Wildman–Crippen MR) is 325 cm³/mol. The summed E-state index contributed by atoms with van der Waals surface area (Å²) >= 11 is -8.23. The summed E-state index contributed by atoms with van der Waals surface area (Å²) in [7, 11) is -5.01. The van der Waals surface area contributed by atoms with Crippen LogP contribution in [0.5, 0.6) is 0 Å². The number of hydrogen-bond donors (Lipinski definition) is 7. The molecule has 1 aliphatic carbocycles. The predicted octanol–water partition coefficient (Wildman–Crippen LogP) is 13.0. The third-order valence-corrected chi connectivity index (χ3v) is 62.4. The van der Waals surface area contributed by atoms with Gasteiger partial charge in [0.1, 0.15) is 36.6 Å². The Labute approximate surface area is 481 Å². The van der Waals surface area contributed by atoms with Gasteiger partial charge < -0.3 is 35.3 Å². The molecule has 0 bridgehead atoms. The molecular weight excluding hydrogens is 1220 g/mol. The van der Waals surface area contributed by atoms with E-state index in [4.69, 9.17) is 14.9 Å². The van der Waals surface area contributed by atoms with Crippen molar-refractivity contribution in [1.82, 2.24) is 0 Å². The van der Waals surface area contributed by atoms with E-state index in [9.17, 15) is 26.4 Å². The first kappa shape index (κ1) is 64.9. The summed E-state index contributed by atoms with van der Waals surface area (Å²) in [4.78, 5) is 17.0. The normalized spacial score (nSPS) is 20.0. The zero-order valence-electron chi connectivity index (χ0n) is 48.8. The quantitative estimate of drug-likeness (QED) is 0.0256. The molecule has 0 saturated heterocycles. The minimum Gasteiger partial charge on any atom is -0.387 e. The summed E-state index contributed by atoms with van der Waals surface area (Å²) in [5.74, 6) is 0. The third-order valence-electron chi connectivity index (χ3n) is 16.7. The van der Waals surface area contributed by atoms with Gasteiger partial charge in [0.05, 0.1) is 0 Å². The van der Waals surface area contributed by atoms with E-state index in [1.807, 2.05) is 0 Å². The number of phosphoric ester groups is 1. The zero-order chi connectivity index (χ0) is 58.3. The van der Waals surface area contributed by atoms with Crippen LogP contribution < -0.4 is 0 Å². The minimum atomic E-state index is -5.01. The van der Waals surface area contributed by atoms with Crippen LogP contribution in [0.3, 0.4) is 0 Å². The van der Waals surface area contributed by atoms with Crippen molar-refractivity contribution in [3.63, 3.8) is 0 Å². The molecule has 7 rings (SSSR count). The fourth-order valence-electron chi connectivity index (χ4n) is 13.3. The second-order valence-corrected chi connectivity index (χ2v) is 51.8. The molecule has 6 aromatic rings. The van der Waals surface area contributed by atoms with Crippen molar-refractivity contribution in [2.75, 3.05) is 0 Å². The fraction of sp³-hybridized carbons (Fsp3) is 0.455. The number of aliphatic hydroxyl groups is 5. The molecule has 13 heteroatoms. The monoisotopic (exact) mass is 1310 g/mol. The maximum absolute atomic E-state index is 10.5. The molecule has 79 heavy (non-hydrogen) atoms. The Hall–Kier alpha value is -3.21. The Morgan fingerprint density at radius 1 is 0.329 bits per heavy atom. The Kier molecular flexibility index (Phi) is 21.5. The second kappa shape index (κ2) is 26.1. The molecular formula is C66H91O10PSn2. The number of benzene rings is 6. The molecule has 1 aliphatic rings. The summed E-state index contributed by atoms with van der Waals surface area (Å²) in [6.07, 6.45) is -11.3. The molecule has 6 atom stereocenters. The molecule has 7 N–H and O–H groups in total. The standard InChI is InChI=1S/6C10H13.C6H13O9P.O.2Sn/c6*1-10(2,3)9-7-5-4-6-8-9;7-1-2(8)4(10)6(5(11)3(1)9)15-16(12,13)14;;;/h6*4-8H,1H2,2-3H3;1-11H,(H2,12,13,14);;;/t;;;;;;1?,2-,3+,4-,5-,6?;;;/m......0.../s1. The molecule has 2 unspecified atom stereocenters. The number of phosphoric acid groups is 1. The van der Waals surface area contributed by atoms with Crippen LogP contribution in [0.15, 0.2) is 182 Å². The van der Waals surface area contributed by atoms with Crippen LogP contribution in [0, 0.1) is 0 Å². The van der Waals surface area contributed by atoms with Crippen molar-refractivity contribution in [2.24, 2.45) is 0 Å². The van der Waals surface area contributed by atoms with Gasteiger partial charge in [-0.3, -0.25) is 4.52 Å². The number of hydrogen-bond acceptors (Lipinski definition) is 8. The first-order chi connectivity index (χ1) is 36.7. The average molecular weight is 1310 g/mol. The largest absolute Gasteiger partial charge is 0.470 e. The Balaban J connectivity index is 0.000000540. The van der Waals surface area contributed by atoms with Gasteiger partial charge in [-0.05, 0) is 0 Å². The van der Waals surface area contributed by atoms with Gasteiger partial charge in [0.25, 0.3) is 0 Å². The van der Waals surface area contributed by atoms with E-state index in [0.717, 1.165) is 26.6 Å². The van der Waals surface area contributed by atoms with Gasteiger partial charge in [0, 0.05) is 0 Å². The summed E-state index contributed by atoms with van der Waals surface area (Å²) in [6, 6.07) is 68.6. The van der Waals surface area contributed by atoms with Crippen molar-refractivity contribution >= 4 is 45.4 Å². The Bertz CT molecular complexity index is 2400. The minimum absolute atomic E-state index is 0.0900. The molecule has 1 fully saturated rings. The van der Waals surface area contributed by atoms with Crippen LogP contribution in [0.2, 0.25) is 26.6 Å².